The summed E-state index contributed by atoms with van der Waals surface area (Å²) in [5, 5.41) is 9.72. The van der Waals surface area contributed by atoms with Gasteiger partial charge in [-0.15, -0.1) is 0 Å². The molecule has 0 aliphatic carbocycles. The highest BCUT2D eigenvalue weighted by Gasteiger charge is 2.35. The van der Waals surface area contributed by atoms with Crippen LogP contribution in [0.3, 0.4) is 0 Å². The summed E-state index contributed by atoms with van der Waals surface area (Å²) in [6, 6.07) is 7.01. The van der Waals surface area contributed by atoms with Crippen LogP contribution in [0.5, 0.6) is 0 Å². The summed E-state index contributed by atoms with van der Waals surface area (Å²) < 4.78 is 5.68. The van der Waals surface area contributed by atoms with Crippen LogP contribution < -0.4 is 4.90 Å². The van der Waals surface area contributed by atoms with Gasteiger partial charge < -0.3 is 14.7 Å². The van der Waals surface area contributed by atoms with E-state index >= 15 is 0 Å². The van der Waals surface area contributed by atoms with E-state index in [1.54, 1.807) is 31.2 Å². The Bertz CT molecular complexity index is 550. The third kappa shape index (κ3) is 2.63. The van der Waals surface area contributed by atoms with Crippen LogP contribution in [0.15, 0.2) is 40.1 Å². The van der Waals surface area contributed by atoms with Gasteiger partial charge in [-0.1, -0.05) is 15.9 Å². The number of halogens is 1. The van der Waals surface area contributed by atoms with E-state index in [4.69, 9.17) is 4.74 Å². The first-order valence-corrected chi connectivity index (χ1v) is 6.50. The third-order valence-corrected chi connectivity index (χ3v) is 3.24. The molecule has 1 aromatic rings. The summed E-state index contributed by atoms with van der Waals surface area (Å²) in [4.78, 5) is 24.8. The number of anilines is 1. The summed E-state index contributed by atoms with van der Waals surface area (Å²) >= 11 is 3.30. The van der Waals surface area contributed by atoms with Gasteiger partial charge in [0.25, 0.3) is 5.91 Å². The molecule has 1 heterocycles. The highest BCUT2D eigenvalue weighted by molar-refractivity contribution is 9.10. The number of hydrogen-bond acceptors (Lipinski definition) is 4. The Hall–Kier alpha value is -1.82. The van der Waals surface area contributed by atoms with E-state index in [-0.39, 0.29) is 18.7 Å². The van der Waals surface area contributed by atoms with Crippen LogP contribution in [0.25, 0.3) is 0 Å². The maximum atomic E-state index is 11.9. The number of ether oxygens (including phenoxy) is 1. The number of carbonyl (C=O) groups excluding carboxylic acids is 2. The SMILES string of the molecule is CCOC(=O)C1=C(O)C(=O)N(c2ccc(Br)cc2)C1. The van der Waals surface area contributed by atoms with E-state index in [9.17, 15) is 14.7 Å². The van der Waals surface area contributed by atoms with E-state index in [1.807, 2.05) is 0 Å². The number of esters is 1. The molecule has 0 radical (unpaired) electrons. The molecule has 0 aromatic heterocycles. The van der Waals surface area contributed by atoms with Crippen LogP contribution in [0, 0.1) is 0 Å². The second-order valence-electron chi connectivity index (χ2n) is 3.92. The predicted octanol–water partition coefficient (Wildman–Crippen LogP) is 2.17. The molecule has 5 nitrogen and oxygen atoms in total. The van der Waals surface area contributed by atoms with E-state index in [2.05, 4.69) is 15.9 Å². The van der Waals surface area contributed by atoms with Crippen molar-refractivity contribution in [1.29, 1.82) is 0 Å². The van der Waals surface area contributed by atoms with Crippen molar-refractivity contribution in [2.24, 2.45) is 0 Å². The zero-order chi connectivity index (χ0) is 14.0. The fraction of sp³-hybridized carbons (Fsp3) is 0.231. The molecule has 19 heavy (non-hydrogen) atoms. The van der Waals surface area contributed by atoms with Gasteiger partial charge in [0.05, 0.1) is 13.2 Å². The molecular weight excluding hydrogens is 314 g/mol. The molecule has 0 unspecified atom stereocenters. The van der Waals surface area contributed by atoms with Gasteiger partial charge in [-0.3, -0.25) is 4.79 Å². The van der Waals surface area contributed by atoms with Crippen molar-refractivity contribution in [3.63, 3.8) is 0 Å². The summed E-state index contributed by atoms with van der Waals surface area (Å²) in [5.41, 5.74) is 0.605. The van der Waals surface area contributed by atoms with Crippen LogP contribution >= 0.6 is 15.9 Å². The van der Waals surface area contributed by atoms with Crippen LogP contribution in [-0.2, 0) is 14.3 Å². The number of nitrogens with zero attached hydrogens (tertiary/aromatic N) is 1. The smallest absolute Gasteiger partial charge is 0.339 e. The monoisotopic (exact) mass is 325 g/mol. The van der Waals surface area contributed by atoms with Crippen molar-refractivity contribution in [3.05, 3.63) is 40.1 Å². The number of amides is 1. The fourth-order valence-electron chi connectivity index (χ4n) is 1.77. The Morgan fingerprint density at radius 1 is 1.42 bits per heavy atom. The number of hydrogen-bond donors (Lipinski definition) is 1. The molecule has 2 rings (SSSR count). The summed E-state index contributed by atoms with van der Waals surface area (Å²) in [5.74, 6) is -1.79. The first-order chi connectivity index (χ1) is 9.04. The fourth-order valence-corrected chi connectivity index (χ4v) is 2.04. The molecule has 0 fully saturated rings. The molecule has 0 atom stereocenters. The van der Waals surface area contributed by atoms with Gasteiger partial charge in [0.2, 0.25) is 0 Å². The van der Waals surface area contributed by atoms with Gasteiger partial charge in [0, 0.05) is 10.2 Å². The largest absolute Gasteiger partial charge is 0.503 e. The highest BCUT2D eigenvalue weighted by atomic mass is 79.9. The molecule has 0 saturated carbocycles. The lowest BCUT2D eigenvalue weighted by molar-refractivity contribution is -0.138. The van der Waals surface area contributed by atoms with Gasteiger partial charge in [0.1, 0.15) is 5.57 Å². The molecular formula is C13H12BrNO4. The van der Waals surface area contributed by atoms with Crippen LogP contribution in [0.2, 0.25) is 0 Å². The Morgan fingerprint density at radius 3 is 2.63 bits per heavy atom. The first kappa shape index (κ1) is 13.6. The van der Waals surface area contributed by atoms with Crippen LogP contribution in [0.1, 0.15) is 6.92 Å². The Morgan fingerprint density at radius 2 is 2.05 bits per heavy atom. The zero-order valence-electron chi connectivity index (χ0n) is 10.2. The van der Waals surface area contributed by atoms with Crippen molar-refractivity contribution >= 4 is 33.5 Å². The molecule has 1 aliphatic heterocycles. The number of carbonyl (C=O) groups is 2. The number of benzene rings is 1. The molecule has 1 N–H and O–H groups in total. The quantitative estimate of drug-likeness (QED) is 0.865. The van der Waals surface area contributed by atoms with Crippen molar-refractivity contribution in [2.45, 2.75) is 6.92 Å². The molecule has 1 amide bonds. The summed E-state index contributed by atoms with van der Waals surface area (Å²) in [6.45, 7) is 1.88. The number of aliphatic hydroxyl groups is 1. The summed E-state index contributed by atoms with van der Waals surface area (Å²) in [7, 11) is 0. The van der Waals surface area contributed by atoms with Crippen LogP contribution in [0.4, 0.5) is 5.69 Å². The minimum Gasteiger partial charge on any atom is -0.503 e. The minimum atomic E-state index is -0.659. The maximum absolute atomic E-state index is 11.9. The van der Waals surface area contributed by atoms with Crippen molar-refractivity contribution in [2.75, 3.05) is 18.1 Å². The molecule has 6 heteroatoms. The highest BCUT2D eigenvalue weighted by Crippen LogP contribution is 2.26. The normalized spacial score (nSPS) is 15.1. The van der Waals surface area contributed by atoms with Gasteiger partial charge in [-0.05, 0) is 31.2 Å². The second kappa shape index (κ2) is 5.44. The second-order valence-corrected chi connectivity index (χ2v) is 4.83. The molecule has 0 spiro atoms. The van der Waals surface area contributed by atoms with Crippen molar-refractivity contribution < 1.29 is 19.4 Å². The van der Waals surface area contributed by atoms with Crippen molar-refractivity contribution in [3.8, 4) is 0 Å². The molecule has 1 aliphatic rings. The van der Waals surface area contributed by atoms with Gasteiger partial charge in [0.15, 0.2) is 5.76 Å². The average Bonchev–Trinajstić information content (AvgIpc) is 2.68. The summed E-state index contributed by atoms with van der Waals surface area (Å²) in [6.07, 6.45) is 0. The Kier molecular flexibility index (Phi) is 3.90. The molecule has 0 saturated heterocycles. The molecule has 100 valence electrons. The Labute approximate surface area is 118 Å². The van der Waals surface area contributed by atoms with Gasteiger partial charge in [-0.25, -0.2) is 4.79 Å². The minimum absolute atomic E-state index is 0.00484. The number of aliphatic hydroxyl groups excluding tert-OH is 1. The van der Waals surface area contributed by atoms with Gasteiger partial charge >= 0.3 is 5.97 Å². The molecule has 0 bridgehead atoms. The Balaban J connectivity index is 2.23. The van der Waals surface area contributed by atoms with E-state index in [0.29, 0.717) is 5.69 Å². The third-order valence-electron chi connectivity index (χ3n) is 2.71. The zero-order valence-corrected chi connectivity index (χ0v) is 11.8. The number of rotatable bonds is 3. The molecule has 1 aromatic carbocycles. The standard InChI is InChI=1S/C13H12BrNO4/c1-2-19-13(18)10-7-15(12(17)11(10)16)9-5-3-8(14)4-6-9/h3-6,16H,2,7H2,1H3. The average molecular weight is 326 g/mol. The van der Waals surface area contributed by atoms with Crippen molar-refractivity contribution in [1.82, 2.24) is 0 Å². The maximum Gasteiger partial charge on any atom is 0.339 e. The van der Waals surface area contributed by atoms with Gasteiger partial charge in [-0.2, -0.15) is 0 Å². The van der Waals surface area contributed by atoms with E-state index < -0.39 is 17.6 Å². The predicted molar refractivity (Wildman–Crippen MR) is 72.8 cm³/mol. The lowest BCUT2D eigenvalue weighted by Crippen LogP contribution is -2.27. The van der Waals surface area contributed by atoms with E-state index in [1.165, 1.54) is 4.90 Å². The first-order valence-electron chi connectivity index (χ1n) is 5.71. The lowest BCUT2D eigenvalue weighted by Gasteiger charge is -2.16. The van der Waals surface area contributed by atoms with E-state index in [0.717, 1.165) is 4.47 Å². The lowest BCUT2D eigenvalue weighted by atomic mass is 10.2. The topological polar surface area (TPSA) is 66.8 Å². The van der Waals surface area contributed by atoms with Crippen LogP contribution in [-0.4, -0.2) is 30.1 Å².